The summed E-state index contributed by atoms with van der Waals surface area (Å²) in [4.78, 5) is 19.2. The monoisotopic (exact) mass is 384 g/mol. The number of rotatable bonds is 3. The van der Waals surface area contributed by atoms with Crippen LogP contribution in [0.2, 0.25) is 0 Å². The van der Waals surface area contributed by atoms with E-state index in [4.69, 9.17) is 4.74 Å². The van der Waals surface area contributed by atoms with Crippen molar-refractivity contribution in [2.75, 3.05) is 26.2 Å². The second-order valence-corrected chi connectivity index (χ2v) is 9.45. The van der Waals surface area contributed by atoms with Crippen molar-refractivity contribution in [2.45, 2.75) is 50.8 Å². The fraction of sp³-hybridized carbons (Fsp3) is 0.591. The highest BCUT2D eigenvalue weighted by Crippen LogP contribution is 2.34. The molecule has 5 rings (SSSR count). The zero-order valence-electron chi connectivity index (χ0n) is 15.8. The smallest absolute Gasteiger partial charge is 0.251 e. The van der Waals surface area contributed by atoms with E-state index in [1.54, 1.807) is 0 Å². The van der Waals surface area contributed by atoms with Crippen LogP contribution in [-0.4, -0.2) is 54.1 Å². The van der Waals surface area contributed by atoms with Crippen molar-refractivity contribution in [1.29, 1.82) is 0 Å². The molecule has 2 aromatic rings. The molecule has 0 spiro atoms. The van der Waals surface area contributed by atoms with Gasteiger partial charge >= 0.3 is 0 Å². The molecule has 3 saturated heterocycles. The predicted octanol–water partition coefficient (Wildman–Crippen LogP) is 3.89. The van der Waals surface area contributed by atoms with E-state index in [1.165, 1.54) is 21.4 Å². The molecule has 3 fully saturated rings. The molecular weight excluding hydrogens is 356 g/mol. The molecular formula is C22H28N2O2S. The second-order valence-electron chi connectivity index (χ2n) is 8.28. The lowest BCUT2D eigenvalue weighted by atomic mass is 9.83. The Balaban J connectivity index is 1.25. The van der Waals surface area contributed by atoms with Crippen molar-refractivity contribution >= 4 is 27.3 Å². The van der Waals surface area contributed by atoms with Gasteiger partial charge < -0.3 is 9.64 Å². The Kier molecular flexibility index (Phi) is 4.92. The molecule has 27 heavy (non-hydrogen) atoms. The van der Waals surface area contributed by atoms with Gasteiger partial charge in [0.2, 0.25) is 0 Å². The second kappa shape index (κ2) is 7.53. The van der Waals surface area contributed by atoms with Crippen molar-refractivity contribution in [2.24, 2.45) is 5.92 Å². The van der Waals surface area contributed by atoms with Crippen molar-refractivity contribution < 1.29 is 9.53 Å². The average molecular weight is 385 g/mol. The summed E-state index contributed by atoms with van der Waals surface area (Å²) in [5.74, 6) is 0.882. The third-order valence-electron chi connectivity index (χ3n) is 6.50. The van der Waals surface area contributed by atoms with Crippen LogP contribution >= 0.6 is 11.3 Å². The maximum Gasteiger partial charge on any atom is 0.251 e. The summed E-state index contributed by atoms with van der Waals surface area (Å²) in [6.07, 6.45) is 5.26. The molecule has 1 aromatic carbocycles. The molecule has 0 radical (unpaired) electrons. The first kappa shape index (κ1) is 17.7. The highest BCUT2D eigenvalue weighted by molar-refractivity contribution is 7.19. The lowest BCUT2D eigenvalue weighted by Gasteiger charge is -2.47. The van der Waals surface area contributed by atoms with E-state index in [2.05, 4.69) is 40.1 Å². The van der Waals surface area contributed by atoms with Gasteiger partial charge in [-0.15, -0.1) is 11.3 Å². The normalized spacial score (nSPS) is 29.2. The number of nitrogens with zero attached hydrogens (tertiary/aromatic N) is 2. The summed E-state index contributed by atoms with van der Waals surface area (Å²) in [6.45, 7) is 4.93. The molecule has 1 amide bonds. The van der Waals surface area contributed by atoms with Crippen molar-refractivity contribution in [3.8, 4) is 0 Å². The molecule has 4 heterocycles. The first-order chi connectivity index (χ1) is 13.3. The number of likely N-dealkylation sites (tertiary alicyclic amines) is 2. The Morgan fingerprint density at radius 2 is 2.07 bits per heavy atom. The fourth-order valence-electron chi connectivity index (χ4n) is 5.19. The molecule has 1 aromatic heterocycles. The number of ether oxygens (including phenoxy) is 1. The minimum Gasteiger partial charge on any atom is -0.368 e. The van der Waals surface area contributed by atoms with Gasteiger partial charge in [-0.3, -0.25) is 9.69 Å². The zero-order valence-corrected chi connectivity index (χ0v) is 16.6. The number of amides is 1. The molecule has 0 aliphatic carbocycles. The van der Waals surface area contributed by atoms with Crippen molar-refractivity contribution in [1.82, 2.24) is 9.80 Å². The maximum atomic E-state index is 12.9. The van der Waals surface area contributed by atoms with Crippen LogP contribution in [0.25, 0.3) is 10.1 Å². The SMILES string of the molecule is O=C([C@H]1CCCO1)N1CCC[C@@H]2CN(Cc3cc4ccccc4s3)CC[C@@H]21. The Morgan fingerprint density at radius 1 is 1.15 bits per heavy atom. The van der Waals surface area contributed by atoms with Gasteiger partial charge in [-0.25, -0.2) is 0 Å². The van der Waals surface area contributed by atoms with E-state index in [1.807, 2.05) is 11.3 Å². The van der Waals surface area contributed by atoms with E-state index in [0.29, 0.717) is 12.0 Å². The molecule has 0 saturated carbocycles. The number of thiophene rings is 1. The van der Waals surface area contributed by atoms with Gasteiger partial charge in [0, 0.05) is 48.4 Å². The van der Waals surface area contributed by atoms with Crippen LogP contribution < -0.4 is 0 Å². The number of carbonyl (C=O) groups is 1. The van der Waals surface area contributed by atoms with Crippen LogP contribution in [0.15, 0.2) is 30.3 Å². The van der Waals surface area contributed by atoms with Crippen LogP contribution in [0, 0.1) is 5.92 Å². The minimum absolute atomic E-state index is 0.166. The van der Waals surface area contributed by atoms with E-state index in [9.17, 15) is 4.79 Å². The molecule has 0 N–H and O–H groups in total. The summed E-state index contributed by atoms with van der Waals surface area (Å²) < 4.78 is 7.06. The first-order valence-corrected chi connectivity index (χ1v) is 11.2. The molecule has 144 valence electrons. The Labute approximate surface area is 165 Å². The summed E-state index contributed by atoms with van der Waals surface area (Å²) in [7, 11) is 0. The Bertz CT molecular complexity index is 781. The Morgan fingerprint density at radius 3 is 2.93 bits per heavy atom. The molecule has 3 atom stereocenters. The molecule has 0 unspecified atom stereocenters. The Hall–Kier alpha value is -1.43. The highest BCUT2D eigenvalue weighted by atomic mass is 32.1. The average Bonchev–Trinajstić information content (AvgIpc) is 3.36. The predicted molar refractivity (Wildman–Crippen MR) is 109 cm³/mol. The summed E-state index contributed by atoms with van der Waals surface area (Å²) in [5.41, 5.74) is 0. The van der Waals surface area contributed by atoms with Crippen molar-refractivity contribution in [3.63, 3.8) is 0 Å². The van der Waals surface area contributed by atoms with E-state index >= 15 is 0 Å². The van der Waals surface area contributed by atoms with Gasteiger partial charge in [-0.2, -0.15) is 0 Å². The van der Waals surface area contributed by atoms with Crippen LogP contribution in [0.4, 0.5) is 0 Å². The molecule has 0 bridgehead atoms. The van der Waals surface area contributed by atoms with Gasteiger partial charge in [0.1, 0.15) is 6.10 Å². The van der Waals surface area contributed by atoms with Crippen LogP contribution in [-0.2, 0) is 16.1 Å². The summed E-state index contributed by atoms with van der Waals surface area (Å²) in [6, 6.07) is 11.4. The molecule has 3 aliphatic rings. The highest BCUT2D eigenvalue weighted by Gasteiger charge is 2.40. The lowest BCUT2D eigenvalue weighted by Crippen LogP contribution is -2.57. The largest absolute Gasteiger partial charge is 0.368 e. The molecule has 3 aliphatic heterocycles. The zero-order chi connectivity index (χ0) is 18.2. The fourth-order valence-corrected chi connectivity index (χ4v) is 6.30. The number of hydrogen-bond donors (Lipinski definition) is 0. The third kappa shape index (κ3) is 3.53. The van der Waals surface area contributed by atoms with Gasteiger partial charge in [0.15, 0.2) is 0 Å². The minimum atomic E-state index is -0.166. The quantitative estimate of drug-likeness (QED) is 0.805. The third-order valence-corrected chi connectivity index (χ3v) is 7.60. The van der Waals surface area contributed by atoms with Gasteiger partial charge in [0.05, 0.1) is 0 Å². The van der Waals surface area contributed by atoms with Crippen LogP contribution in [0.5, 0.6) is 0 Å². The van der Waals surface area contributed by atoms with Crippen LogP contribution in [0.1, 0.15) is 37.0 Å². The van der Waals surface area contributed by atoms with Gasteiger partial charge in [0.25, 0.3) is 5.91 Å². The first-order valence-electron chi connectivity index (χ1n) is 10.4. The molecule has 4 nitrogen and oxygen atoms in total. The summed E-state index contributed by atoms with van der Waals surface area (Å²) >= 11 is 1.92. The van der Waals surface area contributed by atoms with Gasteiger partial charge in [-0.1, -0.05) is 18.2 Å². The summed E-state index contributed by atoms with van der Waals surface area (Å²) in [5, 5.41) is 1.36. The number of hydrogen-bond acceptors (Lipinski definition) is 4. The number of benzene rings is 1. The standard InChI is InChI=1S/C22H28N2O2S/c25-22(20-7-4-12-26-20)24-10-3-6-17-14-23(11-9-19(17)24)15-18-13-16-5-1-2-8-21(16)27-18/h1-2,5,8,13,17,19-20H,3-4,6-7,9-12,14-15H2/t17-,19+,20-/m1/s1. The van der Waals surface area contributed by atoms with E-state index in [-0.39, 0.29) is 12.0 Å². The lowest BCUT2D eigenvalue weighted by molar-refractivity contribution is -0.148. The van der Waals surface area contributed by atoms with Crippen molar-refractivity contribution in [3.05, 3.63) is 35.2 Å². The van der Waals surface area contributed by atoms with Crippen LogP contribution in [0.3, 0.4) is 0 Å². The van der Waals surface area contributed by atoms with E-state index < -0.39 is 0 Å². The van der Waals surface area contributed by atoms with E-state index in [0.717, 1.165) is 58.5 Å². The number of fused-ring (bicyclic) bond motifs is 2. The molecule has 5 heteroatoms. The number of carbonyl (C=O) groups excluding carboxylic acids is 1. The topological polar surface area (TPSA) is 32.8 Å². The maximum absolute atomic E-state index is 12.9. The van der Waals surface area contributed by atoms with Gasteiger partial charge in [-0.05, 0) is 55.5 Å². The number of piperidine rings is 2.